The van der Waals surface area contributed by atoms with Crippen LogP contribution in [0.3, 0.4) is 0 Å². The first-order valence-electron chi connectivity index (χ1n) is 6.58. The van der Waals surface area contributed by atoms with Crippen LogP contribution in [0.4, 0.5) is 16.3 Å². The van der Waals surface area contributed by atoms with E-state index < -0.39 is 6.17 Å². The van der Waals surface area contributed by atoms with Gasteiger partial charge in [0.05, 0.1) is 10.4 Å². The Morgan fingerprint density at radius 1 is 1.43 bits per heavy atom. The van der Waals surface area contributed by atoms with Crippen LogP contribution in [-0.4, -0.2) is 15.0 Å². The van der Waals surface area contributed by atoms with Crippen LogP contribution in [0.5, 0.6) is 0 Å². The van der Waals surface area contributed by atoms with Crippen LogP contribution in [0.1, 0.15) is 48.7 Å². The highest BCUT2D eigenvalue weighted by molar-refractivity contribution is 7.16. The van der Waals surface area contributed by atoms with Crippen LogP contribution in [0, 0.1) is 6.92 Å². The van der Waals surface area contributed by atoms with E-state index in [0.717, 1.165) is 21.2 Å². The van der Waals surface area contributed by atoms with Gasteiger partial charge in [0.1, 0.15) is 0 Å². The van der Waals surface area contributed by atoms with Crippen molar-refractivity contribution in [3.8, 4) is 0 Å². The molecule has 0 spiro atoms. The van der Waals surface area contributed by atoms with Gasteiger partial charge in [-0.05, 0) is 31.9 Å². The third-order valence-electron chi connectivity index (χ3n) is 2.96. The van der Waals surface area contributed by atoms with E-state index in [9.17, 15) is 4.39 Å². The largest absolute Gasteiger partial charge is 0.368 e. The molecule has 0 radical (unpaired) electrons. The number of nitrogens with zero attached hydrogens (tertiary/aromatic N) is 3. The van der Waals surface area contributed by atoms with Crippen molar-refractivity contribution in [2.24, 2.45) is 0 Å². The third-order valence-corrected chi connectivity index (χ3v) is 4.63. The topological polar surface area (TPSA) is 76.7 Å². The average Bonchev–Trinajstić information content (AvgIpc) is 2.75. The highest BCUT2D eigenvalue weighted by atomic mass is 35.5. The second kappa shape index (κ2) is 6.53. The van der Waals surface area contributed by atoms with Crippen LogP contribution in [0.2, 0.25) is 4.34 Å². The summed E-state index contributed by atoms with van der Waals surface area (Å²) < 4.78 is 14.1. The lowest BCUT2D eigenvalue weighted by atomic mass is 10.2. The third kappa shape index (κ3) is 3.79. The number of thiophene rings is 1. The van der Waals surface area contributed by atoms with Gasteiger partial charge in [-0.15, -0.1) is 11.3 Å². The molecule has 2 aromatic heterocycles. The van der Waals surface area contributed by atoms with E-state index >= 15 is 0 Å². The van der Waals surface area contributed by atoms with Crippen LogP contribution in [-0.2, 0) is 0 Å². The summed E-state index contributed by atoms with van der Waals surface area (Å²) in [6.45, 7) is 5.35. The Morgan fingerprint density at radius 3 is 2.67 bits per heavy atom. The van der Waals surface area contributed by atoms with Gasteiger partial charge in [0, 0.05) is 4.88 Å². The number of nitrogens with two attached hydrogens (primary N) is 1. The van der Waals surface area contributed by atoms with E-state index in [4.69, 9.17) is 17.3 Å². The van der Waals surface area contributed by atoms with E-state index in [-0.39, 0.29) is 23.8 Å². The van der Waals surface area contributed by atoms with Crippen molar-refractivity contribution in [1.82, 2.24) is 15.0 Å². The maximum Gasteiger partial charge on any atom is 0.228 e. The smallest absolute Gasteiger partial charge is 0.228 e. The fraction of sp³-hybridized carbons (Fsp3) is 0.462. The zero-order chi connectivity index (χ0) is 15.6. The zero-order valence-corrected chi connectivity index (χ0v) is 13.6. The molecule has 2 rings (SSSR count). The molecule has 0 aliphatic rings. The van der Waals surface area contributed by atoms with Gasteiger partial charge in [0.2, 0.25) is 11.9 Å². The standard InChI is InChI=1S/C13H17ClFN5S/c1-4-8(9-5-6(2)10(14)21-9)17-13-19-11(7(3)15)18-12(16)20-13/h5,7-8H,4H2,1-3H3,(H3,16,17,18,19,20). The maximum atomic E-state index is 13.3. The van der Waals surface area contributed by atoms with Gasteiger partial charge in [-0.1, -0.05) is 18.5 Å². The van der Waals surface area contributed by atoms with E-state index in [1.54, 1.807) is 0 Å². The predicted molar refractivity (Wildman–Crippen MR) is 84.5 cm³/mol. The SMILES string of the molecule is CCC(Nc1nc(N)nc(C(C)F)n1)c1cc(C)c(Cl)s1. The van der Waals surface area contributed by atoms with Gasteiger partial charge in [0.15, 0.2) is 12.0 Å². The lowest BCUT2D eigenvalue weighted by molar-refractivity contribution is 0.356. The van der Waals surface area contributed by atoms with Gasteiger partial charge < -0.3 is 11.1 Å². The minimum atomic E-state index is -1.30. The minimum Gasteiger partial charge on any atom is -0.368 e. The molecule has 2 heterocycles. The minimum absolute atomic E-state index is 0.00208. The number of aromatic nitrogens is 3. The Kier molecular flexibility index (Phi) is 4.95. The second-order valence-corrected chi connectivity index (χ2v) is 6.39. The van der Waals surface area contributed by atoms with Gasteiger partial charge >= 0.3 is 0 Å². The quantitative estimate of drug-likeness (QED) is 0.864. The molecule has 0 saturated heterocycles. The lowest BCUT2D eigenvalue weighted by Crippen LogP contribution is -2.14. The zero-order valence-electron chi connectivity index (χ0n) is 12.0. The summed E-state index contributed by atoms with van der Waals surface area (Å²) in [4.78, 5) is 12.9. The van der Waals surface area contributed by atoms with Gasteiger partial charge in [0.25, 0.3) is 0 Å². The van der Waals surface area contributed by atoms with Crippen molar-refractivity contribution in [3.63, 3.8) is 0 Å². The summed E-state index contributed by atoms with van der Waals surface area (Å²) in [5.41, 5.74) is 6.63. The summed E-state index contributed by atoms with van der Waals surface area (Å²) in [5, 5.41) is 3.16. The first kappa shape index (κ1) is 15.9. The molecule has 114 valence electrons. The molecule has 0 saturated carbocycles. The van der Waals surface area contributed by atoms with E-state index in [1.807, 2.05) is 19.9 Å². The molecule has 0 amide bonds. The number of aryl methyl sites for hydroxylation is 1. The van der Waals surface area contributed by atoms with Crippen molar-refractivity contribution in [2.75, 3.05) is 11.1 Å². The molecule has 0 aliphatic heterocycles. The molecule has 0 aromatic carbocycles. The predicted octanol–water partition coefficient (Wildman–Crippen LogP) is 4.07. The fourth-order valence-corrected chi connectivity index (χ4v) is 3.19. The Balaban J connectivity index is 2.26. The molecule has 0 bridgehead atoms. The molecule has 2 unspecified atom stereocenters. The highest BCUT2D eigenvalue weighted by Crippen LogP contribution is 2.33. The number of alkyl halides is 1. The number of nitrogens with one attached hydrogen (secondary N) is 1. The molecule has 5 nitrogen and oxygen atoms in total. The number of anilines is 2. The van der Waals surface area contributed by atoms with E-state index in [2.05, 4.69) is 20.3 Å². The summed E-state index contributed by atoms with van der Waals surface area (Å²) >= 11 is 7.61. The molecular weight excluding hydrogens is 313 g/mol. The summed E-state index contributed by atoms with van der Waals surface area (Å²) in [5.74, 6) is 0.304. The monoisotopic (exact) mass is 329 g/mol. The van der Waals surface area contributed by atoms with Crippen molar-refractivity contribution in [2.45, 2.75) is 39.4 Å². The van der Waals surface area contributed by atoms with Crippen LogP contribution in [0.25, 0.3) is 0 Å². The van der Waals surface area contributed by atoms with Gasteiger partial charge in [-0.3, -0.25) is 0 Å². The van der Waals surface area contributed by atoms with Crippen molar-refractivity contribution < 1.29 is 4.39 Å². The lowest BCUT2D eigenvalue weighted by Gasteiger charge is -2.16. The fourth-order valence-electron chi connectivity index (χ4n) is 1.84. The molecule has 8 heteroatoms. The normalized spacial score (nSPS) is 14.0. The molecule has 2 aromatic rings. The van der Waals surface area contributed by atoms with E-state index in [1.165, 1.54) is 18.3 Å². The summed E-state index contributed by atoms with van der Waals surface area (Å²) in [6, 6.07) is 2.02. The Labute approximate surface area is 131 Å². The molecular formula is C13H17ClFN5S. The number of hydrogen-bond acceptors (Lipinski definition) is 6. The number of nitrogen functional groups attached to an aromatic ring is 1. The Hall–Kier alpha value is -1.47. The van der Waals surface area contributed by atoms with Crippen molar-refractivity contribution >= 4 is 34.8 Å². The molecule has 21 heavy (non-hydrogen) atoms. The summed E-state index contributed by atoms with van der Waals surface area (Å²) in [6.07, 6.45) is -0.489. The molecule has 3 N–H and O–H groups in total. The van der Waals surface area contributed by atoms with Crippen molar-refractivity contribution in [3.05, 3.63) is 26.7 Å². The number of halogens is 2. The molecule has 0 aliphatic carbocycles. The van der Waals surface area contributed by atoms with Crippen LogP contribution >= 0.6 is 22.9 Å². The molecule has 0 fully saturated rings. The Morgan fingerprint density at radius 2 is 2.14 bits per heavy atom. The van der Waals surface area contributed by atoms with E-state index in [0.29, 0.717) is 0 Å². The first-order chi connectivity index (χ1) is 9.90. The second-order valence-electron chi connectivity index (χ2n) is 4.70. The molecule has 2 atom stereocenters. The maximum absolute atomic E-state index is 13.3. The van der Waals surface area contributed by atoms with Gasteiger partial charge in [-0.25, -0.2) is 4.39 Å². The Bertz CT molecular complexity index is 612. The number of hydrogen-bond donors (Lipinski definition) is 2. The summed E-state index contributed by atoms with van der Waals surface area (Å²) in [7, 11) is 0. The average molecular weight is 330 g/mol. The van der Waals surface area contributed by atoms with Gasteiger partial charge in [-0.2, -0.15) is 15.0 Å². The highest BCUT2D eigenvalue weighted by Gasteiger charge is 2.17. The van der Waals surface area contributed by atoms with Crippen molar-refractivity contribution in [1.29, 1.82) is 0 Å². The first-order valence-corrected chi connectivity index (χ1v) is 7.78. The van der Waals surface area contributed by atoms with Crippen LogP contribution < -0.4 is 11.1 Å². The van der Waals surface area contributed by atoms with Crippen LogP contribution in [0.15, 0.2) is 6.07 Å². The number of rotatable bonds is 5.